The fraction of sp³-hybridized carbons (Fsp3) is 0.250. The highest BCUT2D eigenvalue weighted by Crippen LogP contribution is 2.25. The quantitative estimate of drug-likeness (QED) is 0.882. The molecule has 0 spiro atoms. The molecule has 1 aliphatic carbocycles. The van der Waals surface area contributed by atoms with Gasteiger partial charge in [0.1, 0.15) is 5.82 Å². The summed E-state index contributed by atoms with van der Waals surface area (Å²) in [5.74, 6) is -0.0418. The smallest absolute Gasteiger partial charge is 0.125 e. The summed E-state index contributed by atoms with van der Waals surface area (Å²) in [7, 11) is -1.15. The summed E-state index contributed by atoms with van der Waals surface area (Å²) in [6, 6.07) is 10.3. The van der Waals surface area contributed by atoms with E-state index in [9.17, 15) is 8.60 Å². The van der Waals surface area contributed by atoms with E-state index in [0.29, 0.717) is 11.4 Å². The molecule has 1 aliphatic rings. The molecular formula is C16H16FNOS. The second kappa shape index (κ2) is 5.37. The number of nitrogen functional groups attached to an aromatic ring is 1. The number of hydrogen-bond acceptors (Lipinski definition) is 2. The monoisotopic (exact) mass is 289 g/mol. The molecule has 0 saturated heterocycles. The van der Waals surface area contributed by atoms with E-state index in [-0.39, 0.29) is 5.82 Å². The fourth-order valence-corrected chi connectivity index (χ4v) is 3.82. The van der Waals surface area contributed by atoms with Gasteiger partial charge in [-0.2, -0.15) is 0 Å². The predicted molar refractivity (Wildman–Crippen MR) is 79.4 cm³/mol. The van der Waals surface area contributed by atoms with E-state index in [4.69, 9.17) is 5.73 Å². The highest BCUT2D eigenvalue weighted by atomic mass is 32.2. The minimum atomic E-state index is -1.15. The Morgan fingerprint density at radius 2 is 1.90 bits per heavy atom. The van der Waals surface area contributed by atoms with Gasteiger partial charge >= 0.3 is 0 Å². The molecule has 0 aromatic heterocycles. The maximum Gasteiger partial charge on any atom is 0.125 e. The molecule has 0 saturated carbocycles. The van der Waals surface area contributed by atoms with Crippen LogP contribution in [-0.4, -0.2) is 4.21 Å². The van der Waals surface area contributed by atoms with Crippen LogP contribution in [-0.2, 0) is 29.4 Å². The zero-order valence-electron chi connectivity index (χ0n) is 11.1. The first-order chi connectivity index (χ1) is 9.63. The molecule has 3 rings (SSSR count). The number of fused-ring (bicyclic) bond motifs is 1. The van der Waals surface area contributed by atoms with Crippen molar-refractivity contribution < 1.29 is 8.60 Å². The van der Waals surface area contributed by atoms with Gasteiger partial charge in [0, 0.05) is 10.6 Å². The van der Waals surface area contributed by atoms with E-state index >= 15 is 0 Å². The predicted octanol–water partition coefficient (Wildman–Crippen LogP) is 3.20. The largest absolute Gasteiger partial charge is 0.398 e. The van der Waals surface area contributed by atoms with Gasteiger partial charge in [-0.1, -0.05) is 12.1 Å². The van der Waals surface area contributed by atoms with Crippen molar-refractivity contribution >= 4 is 16.5 Å². The topological polar surface area (TPSA) is 43.1 Å². The van der Waals surface area contributed by atoms with E-state index in [0.717, 1.165) is 23.3 Å². The first-order valence-electron chi connectivity index (χ1n) is 6.67. The Morgan fingerprint density at radius 3 is 2.70 bits per heavy atom. The van der Waals surface area contributed by atoms with E-state index < -0.39 is 10.8 Å². The van der Waals surface area contributed by atoms with Gasteiger partial charge in [-0.15, -0.1) is 0 Å². The van der Waals surface area contributed by atoms with Crippen molar-refractivity contribution in [3.63, 3.8) is 0 Å². The number of halogens is 1. The molecular weight excluding hydrogens is 273 g/mol. The summed E-state index contributed by atoms with van der Waals surface area (Å²) in [4.78, 5) is 0.828. The molecule has 0 aliphatic heterocycles. The number of hydrogen-bond donors (Lipinski definition) is 1. The van der Waals surface area contributed by atoms with Gasteiger partial charge in [0.05, 0.1) is 16.6 Å². The molecule has 104 valence electrons. The van der Waals surface area contributed by atoms with Crippen LogP contribution in [0.3, 0.4) is 0 Å². The number of benzene rings is 2. The van der Waals surface area contributed by atoms with Crippen LogP contribution < -0.4 is 5.73 Å². The van der Waals surface area contributed by atoms with Crippen molar-refractivity contribution in [3.8, 4) is 0 Å². The molecule has 0 amide bonds. The van der Waals surface area contributed by atoms with Gasteiger partial charge in [-0.25, -0.2) is 4.39 Å². The van der Waals surface area contributed by atoms with E-state index in [1.165, 1.54) is 29.7 Å². The summed E-state index contributed by atoms with van der Waals surface area (Å²) in [6.45, 7) is 0. The molecule has 0 heterocycles. The van der Waals surface area contributed by atoms with Crippen molar-refractivity contribution in [1.82, 2.24) is 0 Å². The Balaban J connectivity index is 1.82. The van der Waals surface area contributed by atoms with Crippen LogP contribution in [0.1, 0.15) is 23.1 Å². The maximum absolute atomic E-state index is 13.0. The normalized spacial score (nSPS) is 15.1. The lowest BCUT2D eigenvalue weighted by molar-refractivity contribution is 0.628. The highest BCUT2D eigenvalue weighted by molar-refractivity contribution is 7.84. The minimum absolute atomic E-state index is 0.324. The van der Waals surface area contributed by atoms with Crippen LogP contribution in [0.15, 0.2) is 41.3 Å². The zero-order chi connectivity index (χ0) is 14.1. The average molecular weight is 289 g/mol. The molecule has 1 unspecified atom stereocenters. The van der Waals surface area contributed by atoms with E-state index in [2.05, 4.69) is 6.07 Å². The third-order valence-corrected chi connectivity index (χ3v) is 5.08. The van der Waals surface area contributed by atoms with Gasteiger partial charge in [0.15, 0.2) is 0 Å². The lowest BCUT2D eigenvalue weighted by atomic mass is 10.1. The van der Waals surface area contributed by atoms with Crippen LogP contribution in [0.4, 0.5) is 10.1 Å². The summed E-state index contributed by atoms with van der Waals surface area (Å²) >= 11 is 0. The SMILES string of the molecule is Nc1cc(F)ccc1CS(=O)c1ccc2c(c1)CCC2. The summed E-state index contributed by atoms with van der Waals surface area (Å²) in [5, 5.41) is 0. The zero-order valence-corrected chi connectivity index (χ0v) is 11.9. The second-order valence-corrected chi connectivity index (χ2v) is 6.57. The number of nitrogens with two attached hydrogens (primary N) is 1. The Labute approximate surface area is 120 Å². The molecule has 4 heteroatoms. The lowest BCUT2D eigenvalue weighted by Crippen LogP contribution is -2.01. The van der Waals surface area contributed by atoms with Crippen molar-refractivity contribution in [3.05, 3.63) is 58.9 Å². The summed E-state index contributed by atoms with van der Waals surface area (Å²) < 4.78 is 25.4. The molecule has 1 atom stereocenters. The first-order valence-corrected chi connectivity index (χ1v) is 7.99. The molecule has 2 aromatic carbocycles. The first kappa shape index (κ1) is 13.3. The Morgan fingerprint density at radius 1 is 1.10 bits per heavy atom. The Kier molecular flexibility index (Phi) is 3.57. The Bertz CT molecular complexity index is 684. The average Bonchev–Trinajstić information content (AvgIpc) is 2.89. The minimum Gasteiger partial charge on any atom is -0.398 e. The third kappa shape index (κ3) is 2.61. The Hall–Kier alpha value is -1.68. The maximum atomic E-state index is 13.0. The van der Waals surface area contributed by atoms with Crippen LogP contribution in [0.25, 0.3) is 0 Å². The molecule has 2 nitrogen and oxygen atoms in total. The highest BCUT2D eigenvalue weighted by Gasteiger charge is 2.14. The fourth-order valence-electron chi connectivity index (χ4n) is 2.61. The van der Waals surface area contributed by atoms with Gasteiger partial charge in [-0.3, -0.25) is 4.21 Å². The number of rotatable bonds is 3. The third-order valence-electron chi connectivity index (χ3n) is 3.73. The van der Waals surface area contributed by atoms with Gasteiger partial charge in [0.25, 0.3) is 0 Å². The van der Waals surface area contributed by atoms with Crippen LogP contribution in [0, 0.1) is 5.82 Å². The summed E-state index contributed by atoms with van der Waals surface area (Å²) in [6.07, 6.45) is 3.36. The van der Waals surface area contributed by atoms with Gasteiger partial charge in [-0.05, 0) is 60.2 Å². The molecule has 2 aromatic rings. The molecule has 20 heavy (non-hydrogen) atoms. The lowest BCUT2D eigenvalue weighted by Gasteiger charge is -2.08. The molecule has 0 radical (unpaired) electrons. The van der Waals surface area contributed by atoms with Crippen LogP contribution >= 0.6 is 0 Å². The second-order valence-electron chi connectivity index (χ2n) is 5.12. The van der Waals surface area contributed by atoms with E-state index in [1.54, 1.807) is 6.07 Å². The number of aryl methyl sites for hydroxylation is 2. The van der Waals surface area contributed by atoms with E-state index in [1.807, 2.05) is 12.1 Å². The van der Waals surface area contributed by atoms with Crippen molar-refractivity contribution in [2.45, 2.75) is 29.9 Å². The standard InChI is InChI=1S/C16H16FNOS/c17-14-6-4-13(16(18)9-14)10-20(19)15-7-5-11-2-1-3-12(11)8-15/h4-9H,1-3,10,18H2. The molecule has 0 bridgehead atoms. The molecule has 2 N–H and O–H groups in total. The van der Waals surface area contributed by atoms with Gasteiger partial charge < -0.3 is 5.73 Å². The van der Waals surface area contributed by atoms with Crippen molar-refractivity contribution in [2.75, 3.05) is 5.73 Å². The van der Waals surface area contributed by atoms with Crippen molar-refractivity contribution in [1.29, 1.82) is 0 Å². The molecule has 0 fully saturated rings. The van der Waals surface area contributed by atoms with Crippen molar-refractivity contribution in [2.24, 2.45) is 0 Å². The summed E-state index contributed by atoms with van der Waals surface area (Å²) in [5.41, 5.74) is 9.53. The van der Waals surface area contributed by atoms with Crippen LogP contribution in [0.5, 0.6) is 0 Å². The van der Waals surface area contributed by atoms with Gasteiger partial charge in [0.2, 0.25) is 0 Å². The number of anilines is 1. The van der Waals surface area contributed by atoms with Crippen LogP contribution in [0.2, 0.25) is 0 Å².